The van der Waals surface area contributed by atoms with Gasteiger partial charge >= 0.3 is 6.18 Å². The van der Waals surface area contributed by atoms with E-state index in [-0.39, 0.29) is 11.5 Å². The molecule has 1 nitrogen and oxygen atoms in total. The second-order valence-electron chi connectivity index (χ2n) is 6.09. The SMILES string of the molecule is N#Cc1ccc([C@H]2CC[C@H](CCC=CC(F)(F)F)CC2)cc1F. The van der Waals surface area contributed by atoms with Crippen molar-refractivity contribution < 1.29 is 17.6 Å². The second kappa shape index (κ2) is 7.63. The lowest BCUT2D eigenvalue weighted by atomic mass is 9.77. The second-order valence-corrected chi connectivity index (χ2v) is 6.09. The van der Waals surface area contributed by atoms with Gasteiger partial charge in [-0.1, -0.05) is 12.1 Å². The maximum absolute atomic E-state index is 13.7. The van der Waals surface area contributed by atoms with E-state index in [0.717, 1.165) is 37.7 Å². The van der Waals surface area contributed by atoms with Gasteiger partial charge in [-0.05, 0) is 68.1 Å². The minimum atomic E-state index is -4.22. The Morgan fingerprint density at radius 2 is 1.87 bits per heavy atom. The smallest absolute Gasteiger partial charge is 0.206 e. The van der Waals surface area contributed by atoms with E-state index in [1.807, 2.05) is 6.07 Å². The van der Waals surface area contributed by atoms with Crippen LogP contribution in [0.2, 0.25) is 0 Å². The largest absolute Gasteiger partial charge is 0.409 e. The third-order valence-corrected chi connectivity index (χ3v) is 4.48. The molecule has 0 bridgehead atoms. The van der Waals surface area contributed by atoms with Crippen LogP contribution in [0.5, 0.6) is 0 Å². The number of benzene rings is 1. The summed E-state index contributed by atoms with van der Waals surface area (Å²) in [7, 11) is 0. The molecule has 1 aliphatic rings. The van der Waals surface area contributed by atoms with Crippen LogP contribution < -0.4 is 0 Å². The summed E-state index contributed by atoms with van der Waals surface area (Å²) in [6.45, 7) is 0. The lowest BCUT2D eigenvalue weighted by Gasteiger charge is -2.28. The number of hydrogen-bond acceptors (Lipinski definition) is 1. The summed E-state index contributed by atoms with van der Waals surface area (Å²) in [4.78, 5) is 0. The van der Waals surface area contributed by atoms with Gasteiger partial charge in [0, 0.05) is 6.08 Å². The molecule has 1 fully saturated rings. The number of nitrogens with zero attached hydrogens (tertiary/aromatic N) is 1. The summed E-state index contributed by atoms with van der Waals surface area (Å²) < 4.78 is 49.7. The van der Waals surface area contributed by atoms with Crippen molar-refractivity contribution in [2.24, 2.45) is 5.92 Å². The van der Waals surface area contributed by atoms with Crippen LogP contribution in [0.1, 0.15) is 55.6 Å². The van der Waals surface area contributed by atoms with Crippen molar-refractivity contribution >= 4 is 0 Å². The molecule has 0 saturated heterocycles. The third-order valence-electron chi connectivity index (χ3n) is 4.48. The molecular formula is C18H19F4N. The van der Waals surface area contributed by atoms with E-state index in [2.05, 4.69) is 0 Å². The maximum Gasteiger partial charge on any atom is 0.409 e. The monoisotopic (exact) mass is 325 g/mol. The molecule has 0 N–H and O–H groups in total. The first-order valence-electron chi connectivity index (χ1n) is 7.83. The Kier molecular flexibility index (Phi) is 5.81. The molecular weight excluding hydrogens is 306 g/mol. The standard InChI is InChI=1S/C18H19F4N/c19-17-11-15(8-9-16(17)12-23)14-6-4-13(5-7-14)3-1-2-10-18(20,21)22/h2,8-11,13-14H,1,3-7H2/t13-,14-. The maximum atomic E-state index is 13.7. The molecule has 1 aromatic carbocycles. The molecule has 1 aromatic rings. The number of allylic oxidation sites excluding steroid dienone is 2. The fourth-order valence-electron chi connectivity index (χ4n) is 3.21. The van der Waals surface area contributed by atoms with Crippen LogP contribution in [0.25, 0.3) is 0 Å². The zero-order valence-corrected chi connectivity index (χ0v) is 12.7. The van der Waals surface area contributed by atoms with Gasteiger partial charge < -0.3 is 0 Å². The van der Waals surface area contributed by atoms with Crippen LogP contribution in [0.15, 0.2) is 30.4 Å². The van der Waals surface area contributed by atoms with Crippen molar-refractivity contribution in [2.75, 3.05) is 0 Å². The molecule has 1 aliphatic carbocycles. The average Bonchev–Trinajstić information content (AvgIpc) is 2.51. The molecule has 124 valence electrons. The van der Waals surface area contributed by atoms with Crippen LogP contribution in [0.3, 0.4) is 0 Å². The summed E-state index contributed by atoms with van der Waals surface area (Å²) in [5.41, 5.74) is 0.968. The normalized spacial score (nSPS) is 22.2. The molecule has 0 radical (unpaired) electrons. The fourth-order valence-corrected chi connectivity index (χ4v) is 3.21. The zero-order valence-electron chi connectivity index (χ0n) is 12.7. The molecule has 23 heavy (non-hydrogen) atoms. The molecule has 5 heteroatoms. The summed E-state index contributed by atoms with van der Waals surface area (Å²) in [6, 6.07) is 6.57. The van der Waals surface area contributed by atoms with E-state index < -0.39 is 12.0 Å². The molecule has 0 heterocycles. The van der Waals surface area contributed by atoms with Gasteiger partial charge in [0.1, 0.15) is 11.9 Å². The number of halogens is 4. The van der Waals surface area contributed by atoms with Crippen molar-refractivity contribution in [1.82, 2.24) is 0 Å². The Morgan fingerprint density at radius 3 is 2.43 bits per heavy atom. The van der Waals surface area contributed by atoms with E-state index in [0.29, 0.717) is 18.4 Å². The van der Waals surface area contributed by atoms with E-state index in [9.17, 15) is 17.6 Å². The van der Waals surface area contributed by atoms with E-state index >= 15 is 0 Å². The molecule has 0 atom stereocenters. The van der Waals surface area contributed by atoms with Gasteiger partial charge in [0.15, 0.2) is 0 Å². The zero-order chi connectivity index (χ0) is 16.9. The summed E-state index contributed by atoms with van der Waals surface area (Å²) >= 11 is 0. The Balaban J connectivity index is 1.81. The number of nitriles is 1. The highest BCUT2D eigenvalue weighted by Crippen LogP contribution is 2.38. The topological polar surface area (TPSA) is 23.8 Å². The van der Waals surface area contributed by atoms with Crippen LogP contribution in [-0.2, 0) is 0 Å². The van der Waals surface area contributed by atoms with E-state index in [1.54, 1.807) is 6.07 Å². The van der Waals surface area contributed by atoms with Crippen LogP contribution in [0.4, 0.5) is 17.6 Å². The third kappa shape index (κ3) is 5.38. The van der Waals surface area contributed by atoms with Crippen molar-refractivity contribution in [3.8, 4) is 6.07 Å². The summed E-state index contributed by atoms with van der Waals surface area (Å²) in [5.74, 6) is 0.232. The number of rotatable bonds is 4. The highest BCUT2D eigenvalue weighted by atomic mass is 19.4. The van der Waals surface area contributed by atoms with Gasteiger partial charge in [0.2, 0.25) is 0 Å². The van der Waals surface area contributed by atoms with Gasteiger partial charge in [0.25, 0.3) is 0 Å². The summed E-state index contributed by atoms with van der Waals surface area (Å²) in [6.07, 6.45) is 2.22. The van der Waals surface area contributed by atoms with Gasteiger partial charge in [-0.15, -0.1) is 0 Å². The van der Waals surface area contributed by atoms with Gasteiger partial charge in [-0.25, -0.2) is 4.39 Å². The van der Waals surface area contributed by atoms with Gasteiger partial charge in [-0.3, -0.25) is 0 Å². The average molecular weight is 325 g/mol. The first-order chi connectivity index (χ1) is 10.9. The quantitative estimate of drug-likeness (QED) is 0.501. The molecule has 0 unspecified atom stereocenters. The number of hydrogen-bond donors (Lipinski definition) is 0. The molecule has 0 aromatic heterocycles. The van der Waals surface area contributed by atoms with Crippen LogP contribution in [-0.4, -0.2) is 6.18 Å². The highest BCUT2D eigenvalue weighted by molar-refractivity contribution is 5.34. The predicted molar refractivity (Wildman–Crippen MR) is 80.2 cm³/mol. The van der Waals surface area contributed by atoms with Crippen LogP contribution >= 0.6 is 0 Å². The first kappa shape index (κ1) is 17.5. The lowest BCUT2D eigenvalue weighted by Crippen LogP contribution is -2.13. The minimum absolute atomic E-state index is 0.0545. The number of alkyl halides is 3. The van der Waals surface area contributed by atoms with Crippen molar-refractivity contribution in [3.05, 3.63) is 47.3 Å². The highest BCUT2D eigenvalue weighted by Gasteiger charge is 2.24. The summed E-state index contributed by atoms with van der Waals surface area (Å²) in [5, 5.41) is 8.74. The molecule has 0 aliphatic heterocycles. The molecule has 1 saturated carbocycles. The Hall–Kier alpha value is -1.83. The van der Waals surface area contributed by atoms with Crippen molar-refractivity contribution in [2.45, 2.75) is 50.6 Å². The minimum Gasteiger partial charge on any atom is -0.206 e. The van der Waals surface area contributed by atoms with Crippen molar-refractivity contribution in [3.63, 3.8) is 0 Å². The van der Waals surface area contributed by atoms with E-state index in [4.69, 9.17) is 5.26 Å². The Bertz CT molecular complexity index is 590. The molecule has 2 rings (SSSR count). The molecule has 0 spiro atoms. The Morgan fingerprint density at radius 1 is 1.17 bits per heavy atom. The lowest BCUT2D eigenvalue weighted by molar-refractivity contribution is -0.0800. The van der Waals surface area contributed by atoms with Gasteiger partial charge in [-0.2, -0.15) is 18.4 Å². The van der Waals surface area contributed by atoms with E-state index in [1.165, 1.54) is 18.2 Å². The molecule has 0 amide bonds. The van der Waals surface area contributed by atoms with Gasteiger partial charge in [0.05, 0.1) is 5.56 Å². The Labute approximate surface area is 133 Å². The van der Waals surface area contributed by atoms with Crippen molar-refractivity contribution in [1.29, 1.82) is 5.26 Å². The first-order valence-corrected chi connectivity index (χ1v) is 7.83. The predicted octanol–water partition coefficient (Wildman–Crippen LogP) is 5.87. The fraction of sp³-hybridized carbons (Fsp3) is 0.500. The van der Waals surface area contributed by atoms with Crippen LogP contribution in [0, 0.1) is 23.1 Å².